The van der Waals surface area contributed by atoms with Crippen LogP contribution < -0.4 is 4.74 Å². The summed E-state index contributed by atoms with van der Waals surface area (Å²) < 4.78 is 10.8. The van der Waals surface area contributed by atoms with Gasteiger partial charge in [-0.2, -0.15) is 0 Å². The van der Waals surface area contributed by atoms with Crippen molar-refractivity contribution in [2.75, 3.05) is 13.2 Å². The van der Waals surface area contributed by atoms with Gasteiger partial charge in [-0.3, -0.25) is 4.79 Å². The van der Waals surface area contributed by atoms with Gasteiger partial charge in [0.1, 0.15) is 11.7 Å². The number of rotatable bonds is 16. The minimum Gasteiger partial charge on any atom is -0.494 e. The van der Waals surface area contributed by atoms with Gasteiger partial charge in [-0.1, -0.05) is 62.8 Å². The maximum absolute atomic E-state index is 11.5. The molecule has 2 aromatic rings. The summed E-state index contributed by atoms with van der Waals surface area (Å²) >= 11 is 0. The molecule has 0 heterocycles. The van der Waals surface area contributed by atoms with Crippen LogP contribution >= 0.6 is 0 Å². The number of carboxylic acid groups (broad SMARTS) is 1. The van der Waals surface area contributed by atoms with E-state index in [1.54, 1.807) is 24.3 Å². The van der Waals surface area contributed by atoms with E-state index in [0.717, 1.165) is 61.8 Å². The van der Waals surface area contributed by atoms with Gasteiger partial charge in [-0.05, 0) is 55.2 Å². The second kappa shape index (κ2) is 15.1. The topological polar surface area (TPSA) is 113 Å². The van der Waals surface area contributed by atoms with Gasteiger partial charge in [0, 0.05) is 0 Å². The number of carbonyl (C=O) groups excluding carboxylic acids is 1. The molecule has 7 nitrogen and oxygen atoms in total. The Labute approximate surface area is 201 Å². The first-order valence-corrected chi connectivity index (χ1v) is 12.0. The van der Waals surface area contributed by atoms with Crippen molar-refractivity contribution in [3.63, 3.8) is 0 Å². The lowest BCUT2D eigenvalue weighted by Crippen LogP contribution is -2.27. The molecule has 34 heavy (non-hydrogen) atoms. The van der Waals surface area contributed by atoms with Crippen LogP contribution in [0.1, 0.15) is 68.6 Å². The summed E-state index contributed by atoms with van der Waals surface area (Å²) in [5.74, 6) is -1.58. The smallest absolute Gasteiger partial charge is 0.335 e. The van der Waals surface area contributed by atoms with Crippen molar-refractivity contribution < 1.29 is 34.4 Å². The van der Waals surface area contributed by atoms with Crippen molar-refractivity contribution in [1.29, 1.82) is 0 Å². The molecular weight excluding hydrogens is 436 g/mol. The van der Waals surface area contributed by atoms with Gasteiger partial charge in [0.25, 0.3) is 0 Å². The molecule has 2 rings (SSSR count). The van der Waals surface area contributed by atoms with Gasteiger partial charge in [0.15, 0.2) is 6.29 Å². The maximum atomic E-state index is 11.5. The molecule has 0 saturated carbocycles. The van der Waals surface area contributed by atoms with E-state index in [1.807, 2.05) is 24.3 Å². The molecule has 0 saturated heterocycles. The van der Waals surface area contributed by atoms with E-state index in [0.29, 0.717) is 13.2 Å². The van der Waals surface area contributed by atoms with Crippen LogP contribution in [0.4, 0.5) is 0 Å². The lowest BCUT2D eigenvalue weighted by atomic mass is 10.0. The Balaban J connectivity index is 1.48. The van der Waals surface area contributed by atoms with Gasteiger partial charge in [0.2, 0.25) is 0 Å². The van der Waals surface area contributed by atoms with Crippen LogP contribution in [-0.4, -0.2) is 46.8 Å². The predicted molar refractivity (Wildman–Crippen MR) is 130 cm³/mol. The Kier molecular flexibility index (Phi) is 12.1. The minimum absolute atomic E-state index is 0.276. The first-order valence-electron chi connectivity index (χ1n) is 12.0. The lowest BCUT2D eigenvalue weighted by molar-refractivity contribution is -0.163. The molecule has 1 atom stereocenters. The predicted octanol–water partition coefficient (Wildman–Crippen LogP) is 5.04. The summed E-state index contributed by atoms with van der Waals surface area (Å²) in [6, 6.07) is 14.6. The second-order valence-corrected chi connectivity index (χ2v) is 8.45. The summed E-state index contributed by atoms with van der Waals surface area (Å²) in [5.41, 5.74) is 2.26. The lowest BCUT2D eigenvalue weighted by Gasteiger charge is -2.12. The van der Waals surface area contributed by atoms with Crippen LogP contribution in [0.2, 0.25) is 0 Å². The number of aliphatic hydroxyl groups is 2. The average molecular weight is 473 g/mol. The molecule has 0 aliphatic carbocycles. The van der Waals surface area contributed by atoms with E-state index in [1.165, 1.54) is 13.3 Å². The number of aliphatic hydroxyl groups excluding tert-OH is 1. The van der Waals surface area contributed by atoms with Crippen molar-refractivity contribution >= 4 is 11.9 Å². The van der Waals surface area contributed by atoms with Crippen LogP contribution in [0.25, 0.3) is 11.1 Å². The molecule has 0 aliphatic rings. The van der Waals surface area contributed by atoms with E-state index in [2.05, 4.69) is 0 Å². The van der Waals surface area contributed by atoms with Crippen LogP contribution in [0, 0.1) is 5.92 Å². The van der Waals surface area contributed by atoms with Crippen LogP contribution in [0.15, 0.2) is 48.5 Å². The van der Waals surface area contributed by atoms with Gasteiger partial charge >= 0.3 is 11.9 Å². The third-order valence-electron chi connectivity index (χ3n) is 5.69. The SMILES string of the molecule is CC(C(=O)OCCCCCCCCCCOc1ccc(-c2ccc(C(=O)O)cc2)cc1)C(O)O. The molecular formula is C27H36O7. The van der Waals surface area contributed by atoms with Crippen LogP contribution in [0.5, 0.6) is 5.75 Å². The highest BCUT2D eigenvalue weighted by molar-refractivity contribution is 5.88. The van der Waals surface area contributed by atoms with Crippen molar-refractivity contribution in [2.24, 2.45) is 5.92 Å². The zero-order valence-electron chi connectivity index (χ0n) is 19.8. The molecule has 3 N–H and O–H groups in total. The molecule has 0 radical (unpaired) electrons. The zero-order chi connectivity index (χ0) is 24.8. The van der Waals surface area contributed by atoms with Crippen LogP contribution in [-0.2, 0) is 9.53 Å². The molecule has 2 aromatic carbocycles. The van der Waals surface area contributed by atoms with Gasteiger partial charge in [-0.25, -0.2) is 4.79 Å². The molecule has 0 aliphatic heterocycles. The monoisotopic (exact) mass is 472 g/mol. The summed E-state index contributed by atoms with van der Waals surface area (Å²) in [5, 5.41) is 26.8. The van der Waals surface area contributed by atoms with Crippen molar-refractivity contribution in [3.05, 3.63) is 54.1 Å². The third kappa shape index (κ3) is 9.93. The summed E-state index contributed by atoms with van der Waals surface area (Å²) in [6.45, 7) is 2.44. The highest BCUT2D eigenvalue weighted by Crippen LogP contribution is 2.23. The Morgan fingerprint density at radius 3 is 1.71 bits per heavy atom. The fourth-order valence-corrected chi connectivity index (χ4v) is 3.43. The molecule has 0 aromatic heterocycles. The number of aromatic carboxylic acids is 1. The number of esters is 1. The maximum Gasteiger partial charge on any atom is 0.335 e. The number of unbranched alkanes of at least 4 members (excludes halogenated alkanes) is 7. The largest absolute Gasteiger partial charge is 0.494 e. The zero-order valence-corrected chi connectivity index (χ0v) is 19.8. The number of hydrogen-bond acceptors (Lipinski definition) is 6. The number of ether oxygens (including phenoxy) is 2. The normalized spacial score (nSPS) is 11.9. The Hall–Kier alpha value is -2.90. The fourth-order valence-electron chi connectivity index (χ4n) is 3.43. The van der Waals surface area contributed by atoms with Crippen molar-refractivity contribution in [1.82, 2.24) is 0 Å². The fraction of sp³-hybridized carbons (Fsp3) is 0.481. The molecule has 0 amide bonds. The third-order valence-corrected chi connectivity index (χ3v) is 5.69. The quantitative estimate of drug-likeness (QED) is 0.178. The van der Waals surface area contributed by atoms with Gasteiger partial charge < -0.3 is 24.8 Å². The molecule has 0 fully saturated rings. The number of hydrogen-bond donors (Lipinski definition) is 3. The van der Waals surface area contributed by atoms with E-state index in [-0.39, 0.29) is 5.56 Å². The molecule has 1 unspecified atom stereocenters. The summed E-state index contributed by atoms with van der Waals surface area (Å²) in [7, 11) is 0. The Bertz CT molecular complexity index is 860. The number of carbonyl (C=O) groups is 2. The second-order valence-electron chi connectivity index (χ2n) is 8.45. The standard InChI is InChI=1S/C27H36O7/c1-20(25(28)29)27(32)34-19-9-7-5-3-2-4-6-8-18-33-24-16-14-22(15-17-24)21-10-12-23(13-11-21)26(30)31/h10-17,20,25,28-29H,2-9,18-19H2,1H3,(H,30,31). The molecule has 186 valence electrons. The molecule has 7 heteroatoms. The minimum atomic E-state index is -1.67. The molecule has 0 spiro atoms. The Morgan fingerprint density at radius 1 is 0.735 bits per heavy atom. The highest BCUT2D eigenvalue weighted by Gasteiger charge is 2.20. The number of benzene rings is 2. The van der Waals surface area contributed by atoms with Crippen LogP contribution in [0.3, 0.4) is 0 Å². The average Bonchev–Trinajstić information content (AvgIpc) is 2.84. The van der Waals surface area contributed by atoms with Gasteiger partial charge in [0.05, 0.1) is 18.8 Å². The van der Waals surface area contributed by atoms with E-state index in [9.17, 15) is 9.59 Å². The van der Waals surface area contributed by atoms with Crippen molar-refractivity contribution in [2.45, 2.75) is 64.6 Å². The van der Waals surface area contributed by atoms with E-state index < -0.39 is 24.1 Å². The first-order chi connectivity index (χ1) is 16.4. The van der Waals surface area contributed by atoms with E-state index in [4.69, 9.17) is 24.8 Å². The Morgan fingerprint density at radius 2 is 1.21 bits per heavy atom. The van der Waals surface area contributed by atoms with E-state index >= 15 is 0 Å². The van der Waals surface area contributed by atoms with Crippen molar-refractivity contribution in [3.8, 4) is 16.9 Å². The van der Waals surface area contributed by atoms with Gasteiger partial charge in [-0.15, -0.1) is 0 Å². The molecule has 0 bridgehead atoms. The first kappa shape index (κ1) is 27.3. The summed E-state index contributed by atoms with van der Waals surface area (Å²) in [4.78, 5) is 22.4. The highest BCUT2D eigenvalue weighted by atomic mass is 16.5. The summed E-state index contributed by atoms with van der Waals surface area (Å²) in [6.07, 6.45) is 6.81. The number of carboxylic acids is 1.